The van der Waals surface area contributed by atoms with E-state index < -0.39 is 27.0 Å². The normalized spacial score (nSPS) is 28.2. The predicted molar refractivity (Wildman–Crippen MR) is 67.1 cm³/mol. The summed E-state index contributed by atoms with van der Waals surface area (Å²) in [6.07, 6.45) is -4.94. The van der Waals surface area contributed by atoms with Crippen LogP contribution in [-0.2, 0) is 10.0 Å². The third-order valence-corrected chi connectivity index (χ3v) is 5.25. The lowest BCUT2D eigenvalue weighted by Crippen LogP contribution is -2.33. The molecule has 1 heterocycles. The highest BCUT2D eigenvalue weighted by Crippen LogP contribution is 2.43. The Morgan fingerprint density at radius 1 is 1.19 bits per heavy atom. The number of fused-ring (bicyclic) bond motifs is 1. The maximum Gasteiger partial charge on any atom is 0.573 e. The predicted octanol–water partition coefficient (Wildman–Crippen LogP) is 1.08. The molecule has 1 aliphatic heterocycles. The lowest BCUT2D eigenvalue weighted by molar-refractivity contribution is -0.275. The fraction of sp³-hybridized carbons (Fsp3) is 0.500. The van der Waals surface area contributed by atoms with Crippen molar-refractivity contribution in [2.75, 3.05) is 13.1 Å². The van der Waals surface area contributed by atoms with E-state index in [9.17, 15) is 21.6 Å². The molecule has 1 aliphatic carbocycles. The van der Waals surface area contributed by atoms with Crippen molar-refractivity contribution in [3.63, 3.8) is 0 Å². The Morgan fingerprint density at radius 2 is 1.81 bits per heavy atom. The number of ether oxygens (including phenoxy) is 1. The summed E-state index contributed by atoms with van der Waals surface area (Å²) in [4.78, 5) is -0.500. The Labute approximate surface area is 119 Å². The number of hydrogen-bond donors (Lipinski definition) is 2. The van der Waals surface area contributed by atoms with Gasteiger partial charge in [-0.1, -0.05) is 12.1 Å². The molecule has 1 aromatic rings. The standard InChI is InChI=1S/C12H13F3N2O3S/c13-12(14,15)20-9-3-1-2-4-10(9)21(18,19)17-11-7-5-16-6-8(7)11/h1-4,7-8,11,16-17H,5-6H2. The Balaban J connectivity index is 1.82. The van der Waals surface area contributed by atoms with Gasteiger partial charge >= 0.3 is 6.36 Å². The summed E-state index contributed by atoms with van der Waals surface area (Å²) >= 11 is 0. The van der Waals surface area contributed by atoms with Crippen molar-refractivity contribution in [2.45, 2.75) is 17.3 Å². The van der Waals surface area contributed by atoms with Crippen LogP contribution >= 0.6 is 0 Å². The van der Waals surface area contributed by atoms with Gasteiger partial charge in [0.2, 0.25) is 10.0 Å². The van der Waals surface area contributed by atoms with E-state index in [1.807, 2.05) is 0 Å². The van der Waals surface area contributed by atoms with Crippen molar-refractivity contribution >= 4 is 10.0 Å². The number of nitrogens with one attached hydrogen (secondary N) is 2. The van der Waals surface area contributed by atoms with Gasteiger partial charge in [-0.05, 0) is 37.1 Å². The second-order valence-corrected chi connectivity index (χ2v) is 6.81. The van der Waals surface area contributed by atoms with Gasteiger partial charge in [-0.3, -0.25) is 0 Å². The Hall–Kier alpha value is -1.32. The van der Waals surface area contributed by atoms with Gasteiger partial charge in [-0.15, -0.1) is 13.2 Å². The van der Waals surface area contributed by atoms with Gasteiger partial charge in [-0.25, -0.2) is 13.1 Å². The van der Waals surface area contributed by atoms with Crippen LogP contribution in [0.25, 0.3) is 0 Å². The molecule has 3 rings (SSSR count). The molecule has 0 aromatic heterocycles. The molecule has 5 nitrogen and oxygen atoms in total. The van der Waals surface area contributed by atoms with Crippen LogP contribution in [-0.4, -0.2) is 33.9 Å². The number of para-hydroxylation sites is 1. The van der Waals surface area contributed by atoms with Crippen LogP contribution in [0, 0.1) is 11.8 Å². The lowest BCUT2D eigenvalue weighted by Gasteiger charge is -2.14. The zero-order valence-electron chi connectivity index (χ0n) is 10.7. The zero-order valence-corrected chi connectivity index (χ0v) is 11.5. The molecule has 21 heavy (non-hydrogen) atoms. The minimum absolute atomic E-state index is 0.213. The minimum atomic E-state index is -4.94. The van der Waals surface area contributed by atoms with Crippen molar-refractivity contribution in [2.24, 2.45) is 11.8 Å². The number of rotatable bonds is 4. The van der Waals surface area contributed by atoms with E-state index in [4.69, 9.17) is 0 Å². The third kappa shape index (κ3) is 2.99. The van der Waals surface area contributed by atoms with E-state index in [1.54, 1.807) is 0 Å². The van der Waals surface area contributed by atoms with Crippen LogP contribution in [0.4, 0.5) is 13.2 Å². The van der Waals surface area contributed by atoms with Crippen molar-refractivity contribution in [1.82, 2.24) is 10.0 Å². The van der Waals surface area contributed by atoms with E-state index in [-0.39, 0.29) is 17.9 Å². The Bertz CT molecular complexity index is 637. The zero-order chi connectivity index (χ0) is 15.3. The number of piperidine rings is 1. The van der Waals surface area contributed by atoms with E-state index >= 15 is 0 Å². The van der Waals surface area contributed by atoms with Gasteiger partial charge in [0.05, 0.1) is 0 Å². The van der Waals surface area contributed by atoms with Crippen LogP contribution in [0.5, 0.6) is 5.75 Å². The fourth-order valence-electron chi connectivity index (χ4n) is 2.72. The molecule has 2 N–H and O–H groups in total. The number of benzene rings is 1. The van der Waals surface area contributed by atoms with Crippen LogP contribution in [0.15, 0.2) is 29.2 Å². The molecule has 2 atom stereocenters. The minimum Gasteiger partial charge on any atom is -0.404 e. The highest BCUT2D eigenvalue weighted by Gasteiger charge is 2.54. The summed E-state index contributed by atoms with van der Waals surface area (Å²) in [5, 5.41) is 3.11. The number of halogens is 3. The molecule has 1 saturated heterocycles. The summed E-state index contributed by atoms with van der Waals surface area (Å²) in [5.41, 5.74) is 0. The number of sulfonamides is 1. The molecule has 2 aliphatic rings. The monoisotopic (exact) mass is 322 g/mol. The van der Waals surface area contributed by atoms with Crippen LogP contribution < -0.4 is 14.8 Å². The molecule has 1 saturated carbocycles. The number of alkyl halides is 3. The average Bonchev–Trinajstić information content (AvgIpc) is 2.82. The third-order valence-electron chi connectivity index (χ3n) is 3.75. The van der Waals surface area contributed by atoms with Crippen LogP contribution in [0.1, 0.15) is 0 Å². The Morgan fingerprint density at radius 3 is 2.43 bits per heavy atom. The number of hydrogen-bond acceptors (Lipinski definition) is 4. The molecule has 2 unspecified atom stereocenters. The molecule has 0 bridgehead atoms. The van der Waals surface area contributed by atoms with E-state index in [1.165, 1.54) is 12.1 Å². The first-order valence-corrected chi connectivity index (χ1v) is 7.84. The summed E-state index contributed by atoms with van der Waals surface area (Å²) in [5.74, 6) is -0.285. The summed E-state index contributed by atoms with van der Waals surface area (Å²) < 4.78 is 67.7. The molecule has 2 fully saturated rings. The van der Waals surface area contributed by atoms with E-state index in [0.717, 1.165) is 25.2 Å². The van der Waals surface area contributed by atoms with Crippen molar-refractivity contribution in [1.29, 1.82) is 0 Å². The van der Waals surface area contributed by atoms with Crippen LogP contribution in [0.2, 0.25) is 0 Å². The Kier molecular flexibility index (Phi) is 3.38. The molecule has 0 spiro atoms. The van der Waals surface area contributed by atoms with Gasteiger partial charge in [0.15, 0.2) is 0 Å². The van der Waals surface area contributed by atoms with Gasteiger partial charge < -0.3 is 10.1 Å². The van der Waals surface area contributed by atoms with Crippen molar-refractivity contribution in [3.05, 3.63) is 24.3 Å². The molecule has 1 aromatic carbocycles. The largest absolute Gasteiger partial charge is 0.573 e. The first-order chi connectivity index (χ1) is 9.78. The SMILES string of the molecule is O=S(=O)(NC1C2CNCC21)c1ccccc1OC(F)(F)F. The lowest BCUT2D eigenvalue weighted by atomic mass is 10.3. The molecule has 9 heteroatoms. The maximum absolute atomic E-state index is 12.3. The fourth-order valence-corrected chi connectivity index (χ4v) is 4.18. The van der Waals surface area contributed by atoms with Crippen molar-refractivity contribution in [3.8, 4) is 5.75 Å². The second kappa shape index (κ2) is 4.85. The first-order valence-electron chi connectivity index (χ1n) is 6.36. The van der Waals surface area contributed by atoms with Gasteiger partial charge in [-0.2, -0.15) is 0 Å². The summed E-state index contributed by atoms with van der Waals surface area (Å²) in [7, 11) is -4.04. The average molecular weight is 322 g/mol. The second-order valence-electron chi connectivity index (χ2n) is 5.13. The molecule has 116 valence electrons. The van der Waals surface area contributed by atoms with Gasteiger partial charge in [0.1, 0.15) is 10.6 Å². The molecule has 0 amide bonds. The van der Waals surface area contributed by atoms with E-state index in [2.05, 4.69) is 14.8 Å². The summed E-state index contributed by atoms with van der Waals surface area (Å²) in [6.45, 7) is 1.44. The molecular weight excluding hydrogens is 309 g/mol. The smallest absolute Gasteiger partial charge is 0.404 e. The van der Waals surface area contributed by atoms with Gasteiger partial charge in [0, 0.05) is 6.04 Å². The van der Waals surface area contributed by atoms with Gasteiger partial charge in [0.25, 0.3) is 0 Å². The highest BCUT2D eigenvalue weighted by molar-refractivity contribution is 7.89. The van der Waals surface area contributed by atoms with Crippen LogP contribution in [0.3, 0.4) is 0 Å². The quantitative estimate of drug-likeness (QED) is 0.870. The van der Waals surface area contributed by atoms with Crippen molar-refractivity contribution < 1.29 is 26.3 Å². The summed E-state index contributed by atoms with van der Waals surface area (Å²) in [6, 6.07) is 4.51. The topological polar surface area (TPSA) is 67.4 Å². The molecule has 0 radical (unpaired) electrons. The molecular formula is C12H13F3N2O3S. The van der Waals surface area contributed by atoms with E-state index in [0.29, 0.717) is 0 Å². The highest BCUT2D eigenvalue weighted by atomic mass is 32.2. The first kappa shape index (κ1) is 14.6. The maximum atomic E-state index is 12.3.